The lowest BCUT2D eigenvalue weighted by Gasteiger charge is -2.11. The summed E-state index contributed by atoms with van der Waals surface area (Å²) in [5.74, 6) is 0.0763. The van der Waals surface area contributed by atoms with Gasteiger partial charge in [-0.1, -0.05) is 13.3 Å². The molecule has 0 bridgehead atoms. The molecule has 1 aromatic rings. The number of ketones is 1. The van der Waals surface area contributed by atoms with E-state index in [0.29, 0.717) is 30.2 Å². The van der Waals surface area contributed by atoms with Crippen molar-refractivity contribution in [3.63, 3.8) is 0 Å². The molecule has 0 saturated carbocycles. The van der Waals surface area contributed by atoms with Crippen LogP contribution in [0.3, 0.4) is 0 Å². The number of nitrogens with two attached hydrogens (primary N) is 1. The minimum atomic E-state index is -4.48. The molecule has 1 atom stereocenters. The summed E-state index contributed by atoms with van der Waals surface area (Å²) >= 11 is 0.410. The van der Waals surface area contributed by atoms with E-state index in [2.05, 4.69) is 4.98 Å². The monoisotopic (exact) mass is 294 g/mol. The van der Waals surface area contributed by atoms with Gasteiger partial charge in [0.05, 0.1) is 4.88 Å². The summed E-state index contributed by atoms with van der Waals surface area (Å²) in [6.07, 6.45) is -0.806. The fourth-order valence-corrected chi connectivity index (χ4v) is 2.53. The molecule has 0 amide bonds. The van der Waals surface area contributed by atoms with Gasteiger partial charge in [0, 0.05) is 12.6 Å². The average molecular weight is 294 g/mol. The highest BCUT2D eigenvalue weighted by Crippen LogP contribution is 2.33. The van der Waals surface area contributed by atoms with Crippen LogP contribution in [0.15, 0.2) is 6.20 Å². The third-order valence-electron chi connectivity index (χ3n) is 2.95. The van der Waals surface area contributed by atoms with Gasteiger partial charge >= 0.3 is 6.18 Å². The molecule has 0 aliphatic heterocycles. The summed E-state index contributed by atoms with van der Waals surface area (Å²) < 4.78 is 37.1. The number of carbonyl (C=O) groups is 1. The molecule has 19 heavy (non-hydrogen) atoms. The third-order valence-corrected chi connectivity index (χ3v) is 4.04. The number of hydrogen-bond acceptors (Lipinski definition) is 4. The first-order valence-corrected chi connectivity index (χ1v) is 6.96. The van der Waals surface area contributed by atoms with E-state index in [0.717, 1.165) is 19.0 Å². The molecule has 0 radical (unpaired) electrons. The fraction of sp³-hybridized carbons (Fsp3) is 0.667. The number of nitrogens with zero attached hydrogens (tertiary/aromatic N) is 1. The first-order chi connectivity index (χ1) is 8.88. The minimum absolute atomic E-state index is 0.0786. The zero-order valence-electron chi connectivity index (χ0n) is 10.7. The number of thiazole rings is 1. The van der Waals surface area contributed by atoms with Gasteiger partial charge in [-0.05, 0) is 25.3 Å². The summed E-state index contributed by atoms with van der Waals surface area (Å²) in [4.78, 5) is 15.1. The molecule has 0 aliphatic carbocycles. The number of halogens is 3. The van der Waals surface area contributed by atoms with Crippen molar-refractivity contribution in [2.24, 2.45) is 11.7 Å². The van der Waals surface area contributed by atoms with Crippen molar-refractivity contribution >= 4 is 17.1 Å². The second-order valence-electron chi connectivity index (χ2n) is 4.34. The van der Waals surface area contributed by atoms with Gasteiger partial charge in [-0.3, -0.25) is 4.79 Å². The normalized spacial score (nSPS) is 13.5. The molecule has 108 valence electrons. The zero-order chi connectivity index (χ0) is 14.5. The number of rotatable bonds is 7. The molecule has 1 unspecified atom stereocenters. The molecular formula is C12H17F3N2OS. The summed E-state index contributed by atoms with van der Waals surface area (Å²) in [6, 6.07) is 0. The number of alkyl halides is 3. The van der Waals surface area contributed by atoms with Gasteiger partial charge in [0.1, 0.15) is 0 Å². The standard InChI is InChI=1S/C12H17F3N2OS/c1-2-8(5-6-16)3-4-9(18)10-7-17-11(19-10)12(13,14)15/h7-8H,2-6,16H2,1H3. The van der Waals surface area contributed by atoms with Gasteiger partial charge in [0.2, 0.25) is 0 Å². The van der Waals surface area contributed by atoms with E-state index in [4.69, 9.17) is 5.73 Å². The van der Waals surface area contributed by atoms with Crippen molar-refractivity contribution in [2.75, 3.05) is 6.54 Å². The quantitative estimate of drug-likeness (QED) is 0.783. The van der Waals surface area contributed by atoms with Crippen molar-refractivity contribution in [1.29, 1.82) is 0 Å². The van der Waals surface area contributed by atoms with Crippen LogP contribution in [0.1, 0.15) is 47.3 Å². The van der Waals surface area contributed by atoms with E-state index in [9.17, 15) is 18.0 Å². The maximum atomic E-state index is 12.4. The van der Waals surface area contributed by atoms with Gasteiger partial charge in [0.15, 0.2) is 10.8 Å². The SMILES string of the molecule is CCC(CCN)CCC(=O)c1cnc(C(F)(F)F)s1. The smallest absolute Gasteiger partial charge is 0.330 e. The van der Waals surface area contributed by atoms with Gasteiger partial charge in [-0.15, -0.1) is 11.3 Å². The molecule has 0 fully saturated rings. The van der Waals surface area contributed by atoms with Crippen LogP contribution in [0.4, 0.5) is 13.2 Å². The van der Waals surface area contributed by atoms with Crippen molar-refractivity contribution in [3.05, 3.63) is 16.1 Å². The maximum Gasteiger partial charge on any atom is 0.443 e. The molecule has 2 N–H and O–H groups in total. The molecule has 0 spiro atoms. The molecule has 1 aromatic heterocycles. The lowest BCUT2D eigenvalue weighted by Crippen LogP contribution is -2.10. The highest BCUT2D eigenvalue weighted by molar-refractivity contribution is 7.13. The Bertz CT molecular complexity index is 417. The Kier molecular flexibility index (Phi) is 5.93. The lowest BCUT2D eigenvalue weighted by molar-refractivity contribution is -0.137. The Morgan fingerprint density at radius 2 is 2.16 bits per heavy atom. The maximum absolute atomic E-state index is 12.4. The fourth-order valence-electron chi connectivity index (χ4n) is 1.78. The second kappa shape index (κ2) is 7.00. The topological polar surface area (TPSA) is 56.0 Å². The molecule has 0 aromatic carbocycles. The van der Waals surface area contributed by atoms with E-state index in [1.54, 1.807) is 0 Å². The highest BCUT2D eigenvalue weighted by atomic mass is 32.1. The Morgan fingerprint density at radius 1 is 1.47 bits per heavy atom. The van der Waals surface area contributed by atoms with Gasteiger partial charge in [-0.25, -0.2) is 4.98 Å². The largest absolute Gasteiger partial charge is 0.443 e. The summed E-state index contributed by atoms with van der Waals surface area (Å²) in [5.41, 5.74) is 5.46. The predicted octanol–water partition coefficient (Wildman–Crippen LogP) is 3.50. The zero-order valence-corrected chi connectivity index (χ0v) is 11.5. The molecule has 3 nitrogen and oxygen atoms in total. The molecule has 0 aliphatic rings. The highest BCUT2D eigenvalue weighted by Gasteiger charge is 2.35. The Morgan fingerprint density at radius 3 is 2.63 bits per heavy atom. The van der Waals surface area contributed by atoms with Crippen LogP contribution in [0, 0.1) is 5.92 Å². The van der Waals surface area contributed by atoms with Crippen LogP contribution in [-0.4, -0.2) is 17.3 Å². The van der Waals surface area contributed by atoms with Gasteiger partial charge in [0.25, 0.3) is 0 Å². The van der Waals surface area contributed by atoms with Crippen LogP contribution >= 0.6 is 11.3 Å². The van der Waals surface area contributed by atoms with E-state index < -0.39 is 11.2 Å². The van der Waals surface area contributed by atoms with Crippen molar-refractivity contribution < 1.29 is 18.0 Å². The molecule has 1 rings (SSSR count). The molecular weight excluding hydrogens is 277 g/mol. The lowest BCUT2D eigenvalue weighted by atomic mass is 9.95. The second-order valence-corrected chi connectivity index (χ2v) is 5.37. The molecule has 1 heterocycles. The van der Waals surface area contributed by atoms with Crippen LogP contribution in [0.25, 0.3) is 0 Å². The van der Waals surface area contributed by atoms with Gasteiger partial charge < -0.3 is 5.73 Å². The predicted molar refractivity (Wildman–Crippen MR) is 68.1 cm³/mol. The van der Waals surface area contributed by atoms with E-state index in [1.165, 1.54) is 0 Å². The number of hydrogen-bond donors (Lipinski definition) is 1. The first kappa shape index (κ1) is 16.1. The minimum Gasteiger partial charge on any atom is -0.330 e. The Balaban J connectivity index is 2.56. The van der Waals surface area contributed by atoms with Gasteiger partial charge in [-0.2, -0.15) is 13.2 Å². The van der Waals surface area contributed by atoms with Crippen LogP contribution in [0.5, 0.6) is 0 Å². The third kappa shape index (κ3) is 4.91. The van der Waals surface area contributed by atoms with Crippen molar-refractivity contribution in [3.8, 4) is 0 Å². The average Bonchev–Trinajstić information content (AvgIpc) is 2.83. The Hall–Kier alpha value is -0.950. The first-order valence-electron chi connectivity index (χ1n) is 6.14. The van der Waals surface area contributed by atoms with Crippen LogP contribution < -0.4 is 5.73 Å². The van der Waals surface area contributed by atoms with E-state index >= 15 is 0 Å². The van der Waals surface area contributed by atoms with Crippen LogP contribution in [0.2, 0.25) is 0 Å². The van der Waals surface area contributed by atoms with Crippen LogP contribution in [-0.2, 0) is 6.18 Å². The summed E-state index contributed by atoms with van der Waals surface area (Å²) in [5, 5.41) is -0.968. The summed E-state index contributed by atoms with van der Waals surface area (Å²) in [6.45, 7) is 2.57. The number of Topliss-reactive ketones (excluding diaryl/α,β-unsaturated/α-hetero) is 1. The molecule has 0 saturated heterocycles. The van der Waals surface area contributed by atoms with Crippen molar-refractivity contribution in [2.45, 2.75) is 38.8 Å². The number of aromatic nitrogens is 1. The van der Waals surface area contributed by atoms with Crippen molar-refractivity contribution in [1.82, 2.24) is 4.98 Å². The summed E-state index contributed by atoms with van der Waals surface area (Å²) in [7, 11) is 0. The van der Waals surface area contributed by atoms with E-state index in [-0.39, 0.29) is 17.1 Å². The Labute approximate surface area is 114 Å². The number of carbonyl (C=O) groups excluding carboxylic acids is 1. The molecule has 7 heteroatoms. The van der Waals surface area contributed by atoms with E-state index in [1.807, 2.05) is 6.92 Å².